The third-order valence-electron chi connectivity index (χ3n) is 2.85. The van der Waals surface area contributed by atoms with Crippen LogP contribution in [0, 0.1) is 0 Å². The minimum absolute atomic E-state index is 0.145. The predicted molar refractivity (Wildman–Crippen MR) is 57.3 cm³/mol. The van der Waals surface area contributed by atoms with E-state index in [1.54, 1.807) is 7.11 Å². The fraction of sp³-hybridized carbons (Fsp3) is 0.455. The molecule has 2 rings (SSSR count). The number of hydrogen-bond acceptors (Lipinski definition) is 3. The van der Waals surface area contributed by atoms with Gasteiger partial charge >= 0.3 is 0 Å². The SMILES string of the molecule is COc1cc2c(cc1N)[C@@H](N)CCC2. The summed E-state index contributed by atoms with van der Waals surface area (Å²) in [4.78, 5) is 0. The predicted octanol–water partition coefficient (Wildman–Crippen LogP) is 1.61. The molecule has 0 radical (unpaired) electrons. The maximum Gasteiger partial charge on any atom is 0.142 e. The molecule has 4 N–H and O–H groups in total. The van der Waals surface area contributed by atoms with Crippen molar-refractivity contribution in [1.29, 1.82) is 0 Å². The zero-order chi connectivity index (χ0) is 10.1. The van der Waals surface area contributed by atoms with Gasteiger partial charge in [-0.2, -0.15) is 0 Å². The van der Waals surface area contributed by atoms with Gasteiger partial charge in [0.2, 0.25) is 0 Å². The molecule has 0 bridgehead atoms. The first-order chi connectivity index (χ1) is 6.72. The number of aryl methyl sites for hydroxylation is 1. The van der Waals surface area contributed by atoms with Crippen LogP contribution in [0.15, 0.2) is 12.1 Å². The van der Waals surface area contributed by atoms with Crippen LogP contribution in [0.3, 0.4) is 0 Å². The topological polar surface area (TPSA) is 61.3 Å². The van der Waals surface area contributed by atoms with Gasteiger partial charge in [-0.05, 0) is 42.5 Å². The Kier molecular flexibility index (Phi) is 2.33. The van der Waals surface area contributed by atoms with Crippen molar-refractivity contribution in [3.8, 4) is 5.75 Å². The zero-order valence-corrected chi connectivity index (χ0v) is 8.42. The second kappa shape index (κ2) is 3.50. The summed E-state index contributed by atoms with van der Waals surface area (Å²) >= 11 is 0. The van der Waals surface area contributed by atoms with E-state index in [4.69, 9.17) is 16.2 Å². The number of hydrogen-bond donors (Lipinski definition) is 2. The standard InChI is InChI=1S/C11H16N2O/c1-14-11-5-7-3-2-4-9(12)8(7)6-10(11)13/h5-6,9H,2-4,12-13H2,1H3/t9-/m0/s1. The van der Waals surface area contributed by atoms with Crippen molar-refractivity contribution in [1.82, 2.24) is 0 Å². The zero-order valence-electron chi connectivity index (χ0n) is 8.42. The van der Waals surface area contributed by atoms with Gasteiger partial charge in [0.25, 0.3) is 0 Å². The Bertz CT molecular complexity index is 349. The van der Waals surface area contributed by atoms with Gasteiger partial charge in [-0.1, -0.05) is 0 Å². The van der Waals surface area contributed by atoms with Gasteiger partial charge in [0, 0.05) is 6.04 Å². The van der Waals surface area contributed by atoms with Crippen LogP contribution in [0.25, 0.3) is 0 Å². The normalized spacial score (nSPS) is 20.3. The first-order valence-corrected chi connectivity index (χ1v) is 4.94. The van der Waals surface area contributed by atoms with Crippen molar-refractivity contribution in [3.05, 3.63) is 23.3 Å². The number of nitrogens with two attached hydrogens (primary N) is 2. The van der Waals surface area contributed by atoms with Gasteiger partial charge < -0.3 is 16.2 Å². The molecule has 1 aliphatic rings. The summed E-state index contributed by atoms with van der Waals surface area (Å²) in [7, 11) is 1.64. The summed E-state index contributed by atoms with van der Waals surface area (Å²) in [6.45, 7) is 0. The quantitative estimate of drug-likeness (QED) is 0.664. The molecule has 1 aromatic rings. The molecule has 0 fully saturated rings. The number of ether oxygens (including phenoxy) is 1. The molecular weight excluding hydrogens is 176 g/mol. The molecule has 1 aliphatic carbocycles. The maximum atomic E-state index is 6.01. The number of benzene rings is 1. The highest BCUT2D eigenvalue weighted by Crippen LogP contribution is 2.34. The van der Waals surface area contributed by atoms with Crippen molar-refractivity contribution >= 4 is 5.69 Å². The fourth-order valence-corrected chi connectivity index (χ4v) is 2.06. The number of fused-ring (bicyclic) bond motifs is 1. The van der Waals surface area contributed by atoms with Gasteiger partial charge in [0.1, 0.15) is 5.75 Å². The van der Waals surface area contributed by atoms with Gasteiger partial charge in [-0.3, -0.25) is 0 Å². The lowest BCUT2D eigenvalue weighted by Gasteiger charge is -2.23. The average molecular weight is 192 g/mol. The van der Waals surface area contributed by atoms with Crippen molar-refractivity contribution in [3.63, 3.8) is 0 Å². The van der Waals surface area contributed by atoms with E-state index in [1.807, 2.05) is 12.1 Å². The average Bonchev–Trinajstić information content (AvgIpc) is 2.19. The van der Waals surface area contributed by atoms with Crippen molar-refractivity contribution in [2.24, 2.45) is 5.73 Å². The summed E-state index contributed by atoms with van der Waals surface area (Å²) in [6.07, 6.45) is 3.29. The summed E-state index contributed by atoms with van der Waals surface area (Å²) in [5.41, 5.74) is 15.0. The summed E-state index contributed by atoms with van der Waals surface area (Å²) in [5.74, 6) is 0.762. The summed E-state index contributed by atoms with van der Waals surface area (Å²) in [6, 6.07) is 4.12. The van der Waals surface area contributed by atoms with E-state index in [-0.39, 0.29) is 6.04 Å². The van der Waals surface area contributed by atoms with Crippen LogP contribution < -0.4 is 16.2 Å². The van der Waals surface area contributed by atoms with E-state index in [9.17, 15) is 0 Å². The van der Waals surface area contributed by atoms with E-state index in [0.717, 1.165) is 25.0 Å². The second-order valence-electron chi connectivity index (χ2n) is 3.79. The lowest BCUT2D eigenvalue weighted by atomic mass is 9.87. The van der Waals surface area contributed by atoms with Crippen LogP contribution in [-0.2, 0) is 6.42 Å². The molecule has 14 heavy (non-hydrogen) atoms. The first kappa shape index (κ1) is 9.34. The molecule has 0 spiro atoms. The molecule has 0 unspecified atom stereocenters. The Hall–Kier alpha value is -1.22. The molecule has 0 saturated carbocycles. The minimum Gasteiger partial charge on any atom is -0.495 e. The van der Waals surface area contributed by atoms with E-state index < -0.39 is 0 Å². The molecule has 3 nitrogen and oxygen atoms in total. The Balaban J connectivity index is 2.48. The second-order valence-corrected chi connectivity index (χ2v) is 3.79. The number of rotatable bonds is 1. The number of anilines is 1. The van der Waals surface area contributed by atoms with Crippen LogP contribution in [0.4, 0.5) is 5.69 Å². The van der Waals surface area contributed by atoms with Crippen molar-refractivity contribution in [2.45, 2.75) is 25.3 Å². The van der Waals surface area contributed by atoms with Crippen LogP contribution in [0.2, 0.25) is 0 Å². The third kappa shape index (κ3) is 1.44. The van der Waals surface area contributed by atoms with E-state index in [0.29, 0.717) is 5.69 Å². The van der Waals surface area contributed by atoms with Crippen molar-refractivity contribution in [2.75, 3.05) is 12.8 Å². The van der Waals surface area contributed by atoms with E-state index in [1.165, 1.54) is 11.1 Å². The molecule has 0 amide bonds. The third-order valence-corrected chi connectivity index (χ3v) is 2.85. The van der Waals surface area contributed by atoms with Crippen molar-refractivity contribution < 1.29 is 4.74 Å². The molecule has 0 aliphatic heterocycles. The molecule has 3 heteroatoms. The molecule has 1 aromatic carbocycles. The Morgan fingerprint density at radius 1 is 1.43 bits per heavy atom. The molecular formula is C11H16N2O. The Morgan fingerprint density at radius 3 is 2.93 bits per heavy atom. The Labute approximate surface area is 84.0 Å². The highest BCUT2D eigenvalue weighted by Gasteiger charge is 2.18. The number of methoxy groups -OCH3 is 1. The number of nitrogen functional groups attached to an aromatic ring is 1. The molecule has 1 atom stereocenters. The maximum absolute atomic E-state index is 6.01. The highest BCUT2D eigenvalue weighted by molar-refractivity contribution is 5.58. The van der Waals surface area contributed by atoms with Gasteiger partial charge in [0.15, 0.2) is 0 Å². The largest absolute Gasteiger partial charge is 0.495 e. The van der Waals surface area contributed by atoms with Crippen LogP contribution >= 0.6 is 0 Å². The Morgan fingerprint density at radius 2 is 2.21 bits per heavy atom. The lowest BCUT2D eigenvalue weighted by Crippen LogP contribution is -2.17. The first-order valence-electron chi connectivity index (χ1n) is 4.94. The summed E-state index contributed by atoms with van der Waals surface area (Å²) < 4.78 is 5.18. The molecule has 0 saturated heterocycles. The smallest absolute Gasteiger partial charge is 0.142 e. The van der Waals surface area contributed by atoms with Crippen LogP contribution in [0.5, 0.6) is 5.75 Å². The van der Waals surface area contributed by atoms with Crippen LogP contribution in [0.1, 0.15) is 30.0 Å². The van der Waals surface area contributed by atoms with Gasteiger partial charge in [0.05, 0.1) is 12.8 Å². The highest BCUT2D eigenvalue weighted by atomic mass is 16.5. The van der Waals surface area contributed by atoms with Gasteiger partial charge in [-0.15, -0.1) is 0 Å². The molecule has 0 heterocycles. The molecule has 76 valence electrons. The van der Waals surface area contributed by atoms with Crippen LogP contribution in [-0.4, -0.2) is 7.11 Å². The van der Waals surface area contributed by atoms with Gasteiger partial charge in [-0.25, -0.2) is 0 Å². The summed E-state index contributed by atoms with van der Waals surface area (Å²) in [5, 5.41) is 0. The lowest BCUT2D eigenvalue weighted by molar-refractivity contribution is 0.415. The minimum atomic E-state index is 0.145. The molecule has 0 aromatic heterocycles. The fourth-order valence-electron chi connectivity index (χ4n) is 2.06. The van der Waals surface area contributed by atoms with E-state index in [2.05, 4.69) is 0 Å². The van der Waals surface area contributed by atoms with E-state index >= 15 is 0 Å². The monoisotopic (exact) mass is 192 g/mol.